The molecule has 1 aliphatic carbocycles. The standard InChI is InChI=1S/C11H12O4/c12-8-3-1-7-6(10(8)13)2-4-9-11(7)15-5-14-9/h1,3,9,11-13H,2,4-5H2. The maximum atomic E-state index is 9.72. The molecule has 0 aromatic heterocycles. The van der Waals surface area contributed by atoms with Crippen LogP contribution >= 0.6 is 0 Å². The third kappa shape index (κ3) is 1.22. The summed E-state index contributed by atoms with van der Waals surface area (Å²) in [6.45, 7) is 0.316. The zero-order valence-corrected chi connectivity index (χ0v) is 8.14. The molecule has 3 rings (SSSR count). The Morgan fingerprint density at radius 1 is 1.20 bits per heavy atom. The number of hydrogen-bond acceptors (Lipinski definition) is 4. The number of ether oxygens (including phenoxy) is 2. The first-order valence-corrected chi connectivity index (χ1v) is 5.04. The molecule has 80 valence electrons. The van der Waals surface area contributed by atoms with Crippen LogP contribution in [0.3, 0.4) is 0 Å². The van der Waals surface area contributed by atoms with Gasteiger partial charge in [0.1, 0.15) is 12.9 Å². The van der Waals surface area contributed by atoms with Gasteiger partial charge in [0.05, 0.1) is 6.10 Å². The van der Waals surface area contributed by atoms with E-state index in [-0.39, 0.29) is 23.7 Å². The quantitative estimate of drug-likeness (QED) is 0.634. The molecular weight excluding hydrogens is 196 g/mol. The molecule has 15 heavy (non-hydrogen) atoms. The maximum Gasteiger partial charge on any atom is 0.161 e. The van der Waals surface area contributed by atoms with E-state index in [2.05, 4.69) is 0 Å². The summed E-state index contributed by atoms with van der Waals surface area (Å²) in [5.41, 5.74) is 1.74. The van der Waals surface area contributed by atoms with Crippen molar-refractivity contribution in [3.63, 3.8) is 0 Å². The van der Waals surface area contributed by atoms with Crippen molar-refractivity contribution in [2.45, 2.75) is 25.0 Å². The van der Waals surface area contributed by atoms with Crippen LogP contribution < -0.4 is 0 Å². The Morgan fingerprint density at radius 3 is 2.93 bits per heavy atom. The van der Waals surface area contributed by atoms with E-state index in [1.807, 2.05) is 0 Å². The van der Waals surface area contributed by atoms with Crippen molar-refractivity contribution in [1.82, 2.24) is 0 Å². The zero-order valence-electron chi connectivity index (χ0n) is 8.14. The lowest BCUT2D eigenvalue weighted by Gasteiger charge is -2.26. The lowest BCUT2D eigenvalue weighted by atomic mass is 9.86. The number of phenols is 2. The van der Waals surface area contributed by atoms with Crippen molar-refractivity contribution in [2.24, 2.45) is 0 Å². The number of aromatic hydroxyl groups is 2. The Labute approximate surface area is 87.1 Å². The number of benzene rings is 1. The second-order valence-corrected chi connectivity index (χ2v) is 3.95. The van der Waals surface area contributed by atoms with Gasteiger partial charge in [-0.3, -0.25) is 0 Å². The number of phenolic OH excluding ortho intramolecular Hbond substituents is 2. The first-order valence-electron chi connectivity index (χ1n) is 5.04. The molecule has 0 spiro atoms. The molecule has 4 heteroatoms. The first-order chi connectivity index (χ1) is 7.27. The lowest BCUT2D eigenvalue weighted by molar-refractivity contribution is 0.0386. The average Bonchev–Trinajstić information content (AvgIpc) is 2.71. The fourth-order valence-electron chi connectivity index (χ4n) is 2.37. The Balaban J connectivity index is 2.11. The number of rotatable bonds is 0. The van der Waals surface area contributed by atoms with Gasteiger partial charge in [-0.2, -0.15) is 0 Å². The van der Waals surface area contributed by atoms with Crippen LogP contribution in [-0.4, -0.2) is 23.1 Å². The van der Waals surface area contributed by atoms with Crippen LogP contribution in [0.1, 0.15) is 23.7 Å². The van der Waals surface area contributed by atoms with E-state index >= 15 is 0 Å². The normalized spacial score (nSPS) is 28.5. The summed E-state index contributed by atoms with van der Waals surface area (Å²) in [6.07, 6.45) is 1.57. The molecule has 2 atom stereocenters. The second-order valence-electron chi connectivity index (χ2n) is 3.95. The van der Waals surface area contributed by atoms with Crippen molar-refractivity contribution in [3.05, 3.63) is 23.3 Å². The SMILES string of the molecule is Oc1ccc2c(c1O)CCC1OCOC21. The predicted molar refractivity (Wildman–Crippen MR) is 51.7 cm³/mol. The fourth-order valence-corrected chi connectivity index (χ4v) is 2.37. The van der Waals surface area contributed by atoms with Gasteiger partial charge in [-0.15, -0.1) is 0 Å². The molecule has 0 saturated carbocycles. The van der Waals surface area contributed by atoms with Crippen LogP contribution in [-0.2, 0) is 15.9 Å². The third-order valence-electron chi connectivity index (χ3n) is 3.15. The maximum absolute atomic E-state index is 9.72. The summed E-state index contributed by atoms with van der Waals surface area (Å²) in [6, 6.07) is 3.30. The highest BCUT2D eigenvalue weighted by Gasteiger charge is 2.36. The summed E-state index contributed by atoms with van der Waals surface area (Å²) in [7, 11) is 0. The molecule has 1 fully saturated rings. The highest BCUT2D eigenvalue weighted by Crippen LogP contribution is 2.43. The highest BCUT2D eigenvalue weighted by molar-refractivity contribution is 5.51. The molecule has 1 aliphatic heterocycles. The Morgan fingerprint density at radius 2 is 2.07 bits per heavy atom. The van der Waals surface area contributed by atoms with Crippen molar-refractivity contribution in [3.8, 4) is 11.5 Å². The van der Waals surface area contributed by atoms with E-state index in [0.717, 1.165) is 24.0 Å². The van der Waals surface area contributed by atoms with Gasteiger partial charge in [-0.1, -0.05) is 6.07 Å². The van der Waals surface area contributed by atoms with Crippen molar-refractivity contribution in [1.29, 1.82) is 0 Å². The van der Waals surface area contributed by atoms with Gasteiger partial charge < -0.3 is 19.7 Å². The van der Waals surface area contributed by atoms with E-state index in [9.17, 15) is 10.2 Å². The molecule has 0 amide bonds. The van der Waals surface area contributed by atoms with Gasteiger partial charge in [0.15, 0.2) is 11.5 Å². The van der Waals surface area contributed by atoms with Gasteiger partial charge in [0.2, 0.25) is 0 Å². The molecule has 2 unspecified atom stereocenters. The van der Waals surface area contributed by atoms with Crippen molar-refractivity contribution in [2.75, 3.05) is 6.79 Å². The largest absolute Gasteiger partial charge is 0.504 e. The van der Waals surface area contributed by atoms with Crippen LogP contribution in [0.15, 0.2) is 12.1 Å². The van der Waals surface area contributed by atoms with Crippen molar-refractivity contribution < 1.29 is 19.7 Å². The molecule has 1 aromatic rings. The topological polar surface area (TPSA) is 58.9 Å². The van der Waals surface area contributed by atoms with Crippen LogP contribution in [0.4, 0.5) is 0 Å². The predicted octanol–water partition coefficient (Wildman–Crippen LogP) is 1.46. The molecule has 2 aliphatic rings. The van der Waals surface area contributed by atoms with Gasteiger partial charge in [0.25, 0.3) is 0 Å². The van der Waals surface area contributed by atoms with Gasteiger partial charge in [-0.25, -0.2) is 0 Å². The average molecular weight is 208 g/mol. The van der Waals surface area contributed by atoms with Gasteiger partial charge in [-0.05, 0) is 24.5 Å². The molecule has 1 heterocycles. The molecule has 0 radical (unpaired) electrons. The molecule has 1 aromatic carbocycles. The summed E-state index contributed by atoms with van der Waals surface area (Å²) >= 11 is 0. The molecule has 4 nitrogen and oxygen atoms in total. The van der Waals surface area contributed by atoms with Crippen LogP contribution in [0.25, 0.3) is 0 Å². The fraction of sp³-hybridized carbons (Fsp3) is 0.455. The van der Waals surface area contributed by atoms with E-state index in [0.29, 0.717) is 6.79 Å². The Kier molecular flexibility index (Phi) is 1.87. The summed E-state index contributed by atoms with van der Waals surface area (Å²) in [5, 5.41) is 19.1. The Bertz CT molecular complexity index is 402. The second kappa shape index (κ2) is 3.12. The minimum absolute atomic E-state index is 0.0125. The van der Waals surface area contributed by atoms with Crippen molar-refractivity contribution >= 4 is 0 Å². The third-order valence-corrected chi connectivity index (χ3v) is 3.15. The minimum Gasteiger partial charge on any atom is -0.504 e. The van der Waals surface area contributed by atoms with Crippen LogP contribution in [0.2, 0.25) is 0 Å². The van der Waals surface area contributed by atoms with E-state index in [1.54, 1.807) is 6.07 Å². The van der Waals surface area contributed by atoms with E-state index in [1.165, 1.54) is 6.07 Å². The van der Waals surface area contributed by atoms with E-state index < -0.39 is 0 Å². The van der Waals surface area contributed by atoms with Gasteiger partial charge in [0, 0.05) is 5.56 Å². The summed E-state index contributed by atoms with van der Waals surface area (Å²) in [4.78, 5) is 0. The van der Waals surface area contributed by atoms with Crippen LogP contribution in [0, 0.1) is 0 Å². The smallest absolute Gasteiger partial charge is 0.161 e. The molecule has 2 N–H and O–H groups in total. The van der Waals surface area contributed by atoms with Crippen LogP contribution in [0.5, 0.6) is 11.5 Å². The minimum atomic E-state index is -0.0831. The summed E-state index contributed by atoms with van der Waals surface area (Å²) < 4.78 is 10.9. The summed E-state index contributed by atoms with van der Waals surface area (Å²) in [5.74, 6) is -0.0763. The first kappa shape index (κ1) is 9.00. The molecular formula is C11H12O4. The lowest BCUT2D eigenvalue weighted by Crippen LogP contribution is -2.22. The zero-order chi connectivity index (χ0) is 10.4. The monoisotopic (exact) mass is 208 g/mol. The number of hydrogen-bond donors (Lipinski definition) is 2. The van der Waals surface area contributed by atoms with Gasteiger partial charge >= 0.3 is 0 Å². The number of fused-ring (bicyclic) bond motifs is 3. The molecule has 1 saturated heterocycles. The molecule has 0 bridgehead atoms. The van der Waals surface area contributed by atoms with E-state index in [4.69, 9.17) is 9.47 Å². The highest BCUT2D eigenvalue weighted by atomic mass is 16.7. The Hall–Kier alpha value is -1.26.